The Hall–Kier alpha value is -2.75. The topological polar surface area (TPSA) is 84.8 Å². The van der Waals surface area contributed by atoms with Crippen LogP contribution >= 0.6 is 0 Å². The van der Waals surface area contributed by atoms with Crippen LogP contribution in [0.15, 0.2) is 18.2 Å². The lowest BCUT2D eigenvalue weighted by molar-refractivity contribution is -0.386. The molecule has 7 heteroatoms. The number of benzene rings is 1. The summed E-state index contributed by atoms with van der Waals surface area (Å²) in [5, 5.41) is 23.8. The van der Waals surface area contributed by atoms with Gasteiger partial charge in [0.25, 0.3) is 0 Å². The number of halogens is 1. The molecule has 0 saturated heterocycles. The minimum atomic E-state index is -0.518. The summed E-state index contributed by atoms with van der Waals surface area (Å²) in [5.41, 5.74) is 1.40. The lowest BCUT2D eigenvalue weighted by atomic mass is 10.1. The Labute approximate surface area is 114 Å². The van der Waals surface area contributed by atoms with E-state index < -0.39 is 10.7 Å². The molecule has 1 heterocycles. The second-order valence-electron chi connectivity index (χ2n) is 4.39. The van der Waals surface area contributed by atoms with Gasteiger partial charge in [-0.1, -0.05) is 0 Å². The number of hydrogen-bond acceptors (Lipinski definition) is 4. The SMILES string of the molecule is Cc1nn(Cc2cc(F)cc(C#N)c2)c(C)c1[N+](=O)[O-]. The van der Waals surface area contributed by atoms with Crippen molar-refractivity contribution in [2.45, 2.75) is 20.4 Å². The molecule has 6 nitrogen and oxygen atoms in total. The Bertz CT molecular complexity index is 731. The fourth-order valence-corrected chi connectivity index (χ4v) is 2.08. The number of hydrogen-bond donors (Lipinski definition) is 0. The first-order valence-corrected chi connectivity index (χ1v) is 5.80. The van der Waals surface area contributed by atoms with Gasteiger partial charge < -0.3 is 0 Å². The Morgan fingerprint density at radius 2 is 2.15 bits per heavy atom. The molecule has 0 aliphatic carbocycles. The second-order valence-corrected chi connectivity index (χ2v) is 4.39. The average molecular weight is 274 g/mol. The van der Waals surface area contributed by atoms with E-state index in [4.69, 9.17) is 5.26 Å². The summed E-state index contributed by atoms with van der Waals surface area (Å²) >= 11 is 0. The van der Waals surface area contributed by atoms with E-state index in [0.717, 1.165) is 6.07 Å². The zero-order chi connectivity index (χ0) is 14.9. The van der Waals surface area contributed by atoms with Gasteiger partial charge in [0.15, 0.2) is 0 Å². The third kappa shape index (κ3) is 2.49. The van der Waals surface area contributed by atoms with Crippen LogP contribution in [0.4, 0.5) is 10.1 Å². The first-order chi connectivity index (χ1) is 9.42. The Morgan fingerprint density at radius 3 is 2.70 bits per heavy atom. The van der Waals surface area contributed by atoms with Crippen molar-refractivity contribution in [3.63, 3.8) is 0 Å². The molecule has 0 N–H and O–H groups in total. The average Bonchev–Trinajstić information content (AvgIpc) is 2.63. The van der Waals surface area contributed by atoms with E-state index in [0.29, 0.717) is 17.0 Å². The lowest BCUT2D eigenvalue weighted by Gasteiger charge is -2.04. The molecule has 0 amide bonds. The largest absolute Gasteiger partial charge is 0.312 e. The highest BCUT2D eigenvalue weighted by molar-refractivity contribution is 5.40. The monoisotopic (exact) mass is 274 g/mol. The summed E-state index contributed by atoms with van der Waals surface area (Å²) < 4.78 is 14.8. The molecule has 1 aromatic carbocycles. The minimum Gasteiger partial charge on any atom is -0.258 e. The number of rotatable bonds is 3. The third-order valence-corrected chi connectivity index (χ3v) is 2.94. The van der Waals surface area contributed by atoms with Gasteiger partial charge in [-0.25, -0.2) is 4.39 Å². The van der Waals surface area contributed by atoms with Crippen molar-refractivity contribution >= 4 is 5.69 Å². The third-order valence-electron chi connectivity index (χ3n) is 2.94. The normalized spacial score (nSPS) is 10.3. The fraction of sp³-hybridized carbons (Fsp3) is 0.231. The molecule has 0 aliphatic heterocycles. The van der Waals surface area contributed by atoms with Gasteiger partial charge >= 0.3 is 5.69 Å². The summed E-state index contributed by atoms with van der Waals surface area (Å²) in [6.07, 6.45) is 0. The molecule has 0 spiro atoms. The van der Waals surface area contributed by atoms with E-state index in [1.165, 1.54) is 16.8 Å². The first kappa shape index (κ1) is 13.7. The summed E-state index contributed by atoms with van der Waals surface area (Å²) in [5.74, 6) is -0.518. The van der Waals surface area contributed by atoms with Gasteiger partial charge in [0.05, 0.1) is 23.1 Å². The molecule has 102 valence electrons. The van der Waals surface area contributed by atoms with Crippen LogP contribution in [-0.4, -0.2) is 14.7 Å². The molecule has 20 heavy (non-hydrogen) atoms. The molecular weight excluding hydrogens is 263 g/mol. The molecular formula is C13H11FN4O2. The molecule has 2 aromatic rings. The van der Waals surface area contributed by atoms with E-state index in [9.17, 15) is 14.5 Å². The molecule has 2 rings (SSSR count). The highest BCUT2D eigenvalue weighted by Gasteiger charge is 2.21. The van der Waals surface area contributed by atoms with Gasteiger partial charge in [0, 0.05) is 0 Å². The Morgan fingerprint density at radius 1 is 1.45 bits per heavy atom. The van der Waals surface area contributed by atoms with Gasteiger partial charge in [-0.2, -0.15) is 10.4 Å². The van der Waals surface area contributed by atoms with E-state index in [1.807, 2.05) is 6.07 Å². The molecule has 1 aromatic heterocycles. The molecule has 0 atom stereocenters. The minimum absolute atomic E-state index is 0.0399. The maximum Gasteiger partial charge on any atom is 0.312 e. The van der Waals surface area contributed by atoms with Crippen molar-refractivity contribution in [1.29, 1.82) is 5.26 Å². The summed E-state index contributed by atoms with van der Waals surface area (Å²) in [4.78, 5) is 10.4. The molecule has 0 aliphatic rings. The van der Waals surface area contributed by atoms with Crippen LogP contribution in [0.25, 0.3) is 0 Å². The van der Waals surface area contributed by atoms with Gasteiger partial charge in [0.1, 0.15) is 17.2 Å². The van der Waals surface area contributed by atoms with Gasteiger partial charge in [-0.3, -0.25) is 14.8 Å². The van der Waals surface area contributed by atoms with Gasteiger partial charge in [-0.05, 0) is 37.6 Å². The van der Waals surface area contributed by atoms with E-state index in [1.54, 1.807) is 13.8 Å². The predicted octanol–water partition coefficient (Wildman–Crippen LogP) is 2.47. The van der Waals surface area contributed by atoms with Crippen LogP contribution < -0.4 is 0 Å². The van der Waals surface area contributed by atoms with Crippen molar-refractivity contribution in [1.82, 2.24) is 9.78 Å². The maximum atomic E-state index is 13.3. The van der Waals surface area contributed by atoms with Crippen molar-refractivity contribution in [2.75, 3.05) is 0 Å². The maximum absolute atomic E-state index is 13.3. The lowest BCUT2D eigenvalue weighted by Crippen LogP contribution is -2.05. The van der Waals surface area contributed by atoms with Crippen molar-refractivity contribution < 1.29 is 9.31 Å². The smallest absolute Gasteiger partial charge is 0.258 e. The predicted molar refractivity (Wildman–Crippen MR) is 68.6 cm³/mol. The number of nitriles is 1. The van der Waals surface area contributed by atoms with Crippen molar-refractivity contribution in [3.8, 4) is 6.07 Å². The van der Waals surface area contributed by atoms with Crippen molar-refractivity contribution in [3.05, 3.63) is 56.6 Å². The van der Waals surface area contributed by atoms with Crippen LogP contribution in [0, 0.1) is 41.1 Å². The molecule has 0 radical (unpaired) electrons. The fourth-order valence-electron chi connectivity index (χ4n) is 2.08. The highest BCUT2D eigenvalue weighted by Crippen LogP contribution is 2.22. The number of aromatic nitrogens is 2. The number of nitro groups is 1. The van der Waals surface area contributed by atoms with E-state index in [-0.39, 0.29) is 17.8 Å². The van der Waals surface area contributed by atoms with Crippen molar-refractivity contribution in [2.24, 2.45) is 0 Å². The summed E-state index contributed by atoms with van der Waals surface area (Å²) in [6, 6.07) is 5.81. The highest BCUT2D eigenvalue weighted by atomic mass is 19.1. The quantitative estimate of drug-likeness (QED) is 0.635. The molecule has 0 bridgehead atoms. The zero-order valence-corrected chi connectivity index (χ0v) is 10.9. The van der Waals surface area contributed by atoms with Crippen LogP contribution in [0.5, 0.6) is 0 Å². The summed E-state index contributed by atoms with van der Waals surface area (Å²) in [6.45, 7) is 3.31. The van der Waals surface area contributed by atoms with E-state index in [2.05, 4.69) is 5.10 Å². The molecule has 0 unspecified atom stereocenters. The Balaban J connectivity index is 2.41. The standard InChI is InChI=1S/C13H11FN4O2/c1-8-13(18(19)20)9(2)17(16-8)7-11-3-10(6-15)4-12(14)5-11/h3-5H,7H2,1-2H3. The second kappa shape index (κ2) is 5.09. The molecule has 0 fully saturated rings. The first-order valence-electron chi connectivity index (χ1n) is 5.80. The zero-order valence-electron chi connectivity index (χ0n) is 10.9. The molecule has 0 saturated carbocycles. The van der Waals surface area contributed by atoms with Crippen LogP contribution in [0.3, 0.4) is 0 Å². The number of aryl methyl sites for hydroxylation is 1. The van der Waals surface area contributed by atoms with Crippen LogP contribution in [-0.2, 0) is 6.54 Å². The van der Waals surface area contributed by atoms with Gasteiger partial charge in [0.2, 0.25) is 0 Å². The Kier molecular flexibility index (Phi) is 3.48. The number of nitrogens with zero attached hydrogens (tertiary/aromatic N) is 4. The van der Waals surface area contributed by atoms with Crippen LogP contribution in [0.1, 0.15) is 22.5 Å². The van der Waals surface area contributed by atoms with E-state index >= 15 is 0 Å². The van der Waals surface area contributed by atoms with Crippen LogP contribution in [0.2, 0.25) is 0 Å². The summed E-state index contributed by atoms with van der Waals surface area (Å²) in [7, 11) is 0. The van der Waals surface area contributed by atoms with Gasteiger partial charge in [-0.15, -0.1) is 0 Å².